The third kappa shape index (κ3) is 2.38. The number of Topliss-reactive ketones (excluding diaryl/α,β-unsaturated/α-hetero) is 1. The van der Waals surface area contributed by atoms with Gasteiger partial charge in [0.2, 0.25) is 0 Å². The van der Waals surface area contributed by atoms with Crippen molar-refractivity contribution in [2.45, 2.75) is 59.8 Å². The zero-order chi connectivity index (χ0) is 18.8. The molecule has 0 aromatic carbocycles. The first-order chi connectivity index (χ1) is 11.4. The van der Waals surface area contributed by atoms with Gasteiger partial charge in [0, 0.05) is 11.8 Å². The van der Waals surface area contributed by atoms with Gasteiger partial charge in [-0.2, -0.15) is 0 Å². The van der Waals surface area contributed by atoms with Gasteiger partial charge < -0.3 is 10.2 Å². The number of hydrogen-bond donors (Lipinski definition) is 2. The highest BCUT2D eigenvalue weighted by molar-refractivity contribution is 5.89. The molecule has 5 heteroatoms. The molecule has 3 rings (SSSR count). The number of hydrogen-bond acceptors (Lipinski definition) is 3. The van der Waals surface area contributed by atoms with Gasteiger partial charge >= 0.3 is 11.9 Å². The Bertz CT molecular complexity index is 678. The minimum atomic E-state index is -1.03. The van der Waals surface area contributed by atoms with Crippen LogP contribution in [-0.4, -0.2) is 27.9 Å². The van der Waals surface area contributed by atoms with Crippen LogP contribution < -0.4 is 0 Å². The molecule has 0 aromatic rings. The predicted octanol–water partition coefficient (Wildman–Crippen LogP) is 3.53. The Morgan fingerprint density at radius 3 is 2.44 bits per heavy atom. The molecule has 0 radical (unpaired) electrons. The number of fused-ring (bicyclic) bond motifs is 1. The van der Waals surface area contributed by atoms with Crippen molar-refractivity contribution >= 4 is 17.7 Å². The lowest BCUT2D eigenvalue weighted by molar-refractivity contribution is -0.174. The summed E-state index contributed by atoms with van der Waals surface area (Å²) in [6.07, 6.45) is 6.64. The molecule has 0 heterocycles. The number of carboxylic acids is 2. The lowest BCUT2D eigenvalue weighted by Crippen LogP contribution is -2.58. The second-order valence-electron chi connectivity index (χ2n) is 9.54. The molecule has 0 saturated heterocycles. The highest BCUT2D eigenvalue weighted by Gasteiger charge is 2.65. The van der Waals surface area contributed by atoms with Crippen LogP contribution in [0.1, 0.15) is 59.8 Å². The number of allylic oxidation sites excluding steroid dienone is 2. The number of aliphatic carboxylic acids is 2. The van der Waals surface area contributed by atoms with E-state index < -0.39 is 28.2 Å². The third-order valence-corrected chi connectivity index (χ3v) is 7.65. The van der Waals surface area contributed by atoms with Crippen molar-refractivity contribution in [3.05, 3.63) is 12.2 Å². The second-order valence-corrected chi connectivity index (χ2v) is 9.54. The molecule has 2 N–H and O–H groups in total. The normalized spacial score (nSPS) is 43.0. The molecule has 3 aliphatic rings. The van der Waals surface area contributed by atoms with E-state index in [1.807, 2.05) is 19.9 Å². The quantitative estimate of drug-likeness (QED) is 0.758. The Hall–Kier alpha value is -1.65. The van der Waals surface area contributed by atoms with Crippen molar-refractivity contribution in [3.8, 4) is 0 Å². The van der Waals surface area contributed by atoms with E-state index in [0.29, 0.717) is 12.8 Å². The van der Waals surface area contributed by atoms with Crippen molar-refractivity contribution in [2.24, 2.45) is 33.5 Å². The molecule has 5 atom stereocenters. The van der Waals surface area contributed by atoms with Gasteiger partial charge in [0.05, 0.1) is 11.8 Å². The predicted molar refractivity (Wildman–Crippen MR) is 91.9 cm³/mol. The largest absolute Gasteiger partial charge is 0.481 e. The highest BCUT2D eigenvalue weighted by atomic mass is 16.4. The molecule has 0 unspecified atom stereocenters. The average Bonchev–Trinajstić information content (AvgIpc) is 2.76. The Morgan fingerprint density at radius 1 is 1.24 bits per heavy atom. The Morgan fingerprint density at radius 2 is 1.88 bits per heavy atom. The lowest BCUT2D eigenvalue weighted by Gasteiger charge is -2.60. The fourth-order valence-corrected chi connectivity index (χ4v) is 6.33. The highest BCUT2D eigenvalue weighted by Crippen LogP contribution is 2.69. The first-order valence-corrected chi connectivity index (χ1v) is 9.06. The fourth-order valence-electron chi connectivity index (χ4n) is 6.33. The van der Waals surface area contributed by atoms with Crippen LogP contribution in [0.3, 0.4) is 0 Å². The summed E-state index contributed by atoms with van der Waals surface area (Å²) >= 11 is 0. The van der Waals surface area contributed by atoms with Crippen LogP contribution in [0, 0.1) is 33.5 Å². The molecule has 3 aliphatic carbocycles. The smallest absolute Gasteiger partial charge is 0.309 e. The minimum Gasteiger partial charge on any atom is -0.481 e. The zero-order valence-electron chi connectivity index (χ0n) is 15.5. The maximum Gasteiger partial charge on any atom is 0.309 e. The Kier molecular flexibility index (Phi) is 3.76. The number of ketones is 1. The second kappa shape index (κ2) is 5.18. The molecular formula is C20H28O5. The van der Waals surface area contributed by atoms with Gasteiger partial charge in [-0.15, -0.1) is 0 Å². The van der Waals surface area contributed by atoms with E-state index in [1.54, 1.807) is 13.8 Å². The van der Waals surface area contributed by atoms with E-state index in [2.05, 4.69) is 6.08 Å². The van der Waals surface area contributed by atoms with Crippen LogP contribution in [0.4, 0.5) is 0 Å². The number of carboxylic acid groups (broad SMARTS) is 2. The summed E-state index contributed by atoms with van der Waals surface area (Å²) in [5.74, 6) is -2.07. The van der Waals surface area contributed by atoms with Gasteiger partial charge in [-0.3, -0.25) is 14.4 Å². The molecule has 25 heavy (non-hydrogen) atoms. The summed E-state index contributed by atoms with van der Waals surface area (Å²) in [6, 6.07) is 0. The summed E-state index contributed by atoms with van der Waals surface area (Å²) in [5, 5.41) is 19.3. The number of rotatable bonds is 4. The van der Waals surface area contributed by atoms with Crippen molar-refractivity contribution < 1.29 is 24.6 Å². The molecule has 0 amide bonds. The fraction of sp³-hybridized carbons (Fsp3) is 0.750. The van der Waals surface area contributed by atoms with Crippen LogP contribution in [-0.2, 0) is 14.4 Å². The zero-order valence-corrected chi connectivity index (χ0v) is 15.5. The van der Waals surface area contributed by atoms with Gasteiger partial charge in [0.1, 0.15) is 5.78 Å². The van der Waals surface area contributed by atoms with Crippen molar-refractivity contribution in [2.75, 3.05) is 0 Å². The van der Waals surface area contributed by atoms with Crippen molar-refractivity contribution in [1.29, 1.82) is 0 Å². The molecule has 0 aromatic heterocycles. The topological polar surface area (TPSA) is 91.7 Å². The molecule has 0 aliphatic heterocycles. The number of carbonyl (C=O) groups is 3. The van der Waals surface area contributed by atoms with Gasteiger partial charge in [-0.25, -0.2) is 0 Å². The summed E-state index contributed by atoms with van der Waals surface area (Å²) < 4.78 is 0. The molecule has 2 fully saturated rings. The van der Waals surface area contributed by atoms with Gasteiger partial charge in [0.25, 0.3) is 0 Å². The Balaban J connectivity index is 2.10. The first-order valence-electron chi connectivity index (χ1n) is 9.06. The van der Waals surface area contributed by atoms with Crippen LogP contribution in [0.15, 0.2) is 12.2 Å². The van der Waals surface area contributed by atoms with Crippen LogP contribution in [0.2, 0.25) is 0 Å². The number of carbonyl (C=O) groups excluding carboxylic acids is 1. The van der Waals surface area contributed by atoms with Gasteiger partial charge in [0.15, 0.2) is 0 Å². The summed E-state index contributed by atoms with van der Waals surface area (Å²) in [7, 11) is 0. The van der Waals surface area contributed by atoms with E-state index in [0.717, 1.165) is 12.8 Å². The third-order valence-electron chi connectivity index (χ3n) is 7.65. The molecule has 1 spiro atoms. The molecule has 138 valence electrons. The van der Waals surface area contributed by atoms with Gasteiger partial charge in [-0.05, 0) is 62.7 Å². The lowest BCUT2D eigenvalue weighted by atomic mass is 9.42. The van der Waals surface area contributed by atoms with E-state index >= 15 is 0 Å². The molecular weight excluding hydrogens is 320 g/mol. The van der Waals surface area contributed by atoms with Crippen molar-refractivity contribution in [3.63, 3.8) is 0 Å². The summed E-state index contributed by atoms with van der Waals surface area (Å²) in [4.78, 5) is 36.4. The average molecular weight is 348 g/mol. The summed E-state index contributed by atoms with van der Waals surface area (Å²) in [5.41, 5.74) is -2.36. The SMILES string of the molecule is CC(C)(C(=O)O)[C@H]1CC[C@]23C=C[C@](C)(C2)C(=O)C[C@H]3[C@]1(C)CC(=O)O. The van der Waals surface area contributed by atoms with Crippen LogP contribution >= 0.6 is 0 Å². The van der Waals surface area contributed by atoms with Crippen LogP contribution in [0.5, 0.6) is 0 Å². The van der Waals surface area contributed by atoms with Crippen molar-refractivity contribution in [1.82, 2.24) is 0 Å². The first kappa shape index (κ1) is 18.2. The maximum atomic E-state index is 12.8. The molecule has 2 bridgehead atoms. The van der Waals surface area contributed by atoms with E-state index in [4.69, 9.17) is 0 Å². The Labute approximate surface area is 148 Å². The van der Waals surface area contributed by atoms with E-state index in [-0.39, 0.29) is 29.5 Å². The minimum absolute atomic E-state index is 0.0986. The standard InChI is InChI=1S/C20H28O5/c1-17(2,16(24)25)12-5-6-20-8-7-18(3,11-20)14(21)9-13(20)19(12,4)10-15(22)23/h7-8,12-13H,5-6,9-11H2,1-4H3,(H,22,23)(H,24,25)/t12-,13+,18-,19-,20+/m1/s1. The molecule has 5 nitrogen and oxygen atoms in total. The van der Waals surface area contributed by atoms with E-state index in [9.17, 15) is 24.6 Å². The van der Waals surface area contributed by atoms with E-state index in [1.165, 1.54) is 0 Å². The maximum absolute atomic E-state index is 12.8. The monoisotopic (exact) mass is 348 g/mol. The van der Waals surface area contributed by atoms with Crippen LogP contribution in [0.25, 0.3) is 0 Å². The summed E-state index contributed by atoms with van der Waals surface area (Å²) in [6.45, 7) is 7.26. The molecule has 2 saturated carbocycles. The van der Waals surface area contributed by atoms with Gasteiger partial charge in [-0.1, -0.05) is 19.1 Å².